The molecule has 0 radical (unpaired) electrons. The predicted octanol–water partition coefficient (Wildman–Crippen LogP) is 0.566. The van der Waals surface area contributed by atoms with E-state index in [1.807, 2.05) is 0 Å². The molecule has 1 aromatic heterocycles. The normalized spacial score (nSPS) is 20.6. The zero-order valence-corrected chi connectivity index (χ0v) is 8.32. The van der Waals surface area contributed by atoms with Crippen LogP contribution >= 0.6 is 11.8 Å². The molecule has 1 aliphatic heterocycles. The fourth-order valence-corrected chi connectivity index (χ4v) is 2.51. The molecule has 0 bridgehead atoms. The van der Waals surface area contributed by atoms with Gasteiger partial charge in [-0.25, -0.2) is 0 Å². The third kappa shape index (κ3) is 1.38. The maximum Gasteiger partial charge on any atom is 0.396 e. The van der Waals surface area contributed by atoms with Crippen LogP contribution in [0.15, 0.2) is 5.03 Å². The smallest absolute Gasteiger partial charge is 0.390 e. The molecule has 0 aliphatic carbocycles. The third-order valence-corrected chi connectivity index (χ3v) is 3.30. The van der Waals surface area contributed by atoms with Crippen LogP contribution in [0.25, 0.3) is 0 Å². The molecule has 2 rings (SSSR count). The molecular formula is C7H9N3O3S. The first-order chi connectivity index (χ1) is 6.59. The van der Waals surface area contributed by atoms with Gasteiger partial charge in [0.1, 0.15) is 0 Å². The number of imidazole rings is 1. The SMILES string of the molecule is Cc1nc([N+](=O)[O-])c2n1C[C@H](O)CS2. The molecule has 0 saturated heterocycles. The van der Waals surface area contributed by atoms with Crippen molar-refractivity contribution in [2.45, 2.75) is 24.6 Å². The molecule has 1 N–H and O–H groups in total. The van der Waals surface area contributed by atoms with Crippen LogP contribution < -0.4 is 0 Å². The molecule has 0 fully saturated rings. The second kappa shape index (κ2) is 3.25. The number of hydrogen-bond donors (Lipinski definition) is 1. The molecule has 1 atom stereocenters. The van der Waals surface area contributed by atoms with Gasteiger partial charge in [-0.2, -0.15) is 0 Å². The van der Waals surface area contributed by atoms with E-state index in [9.17, 15) is 15.2 Å². The maximum absolute atomic E-state index is 10.6. The number of fused-ring (bicyclic) bond motifs is 1. The second-order valence-corrected chi connectivity index (χ2v) is 4.13. The lowest BCUT2D eigenvalue weighted by atomic mass is 10.4. The summed E-state index contributed by atoms with van der Waals surface area (Å²) in [5.74, 6) is 0.976. The second-order valence-electron chi connectivity index (χ2n) is 3.12. The molecule has 7 heteroatoms. The van der Waals surface area contributed by atoms with Crippen molar-refractivity contribution >= 4 is 17.6 Å². The minimum Gasteiger partial charge on any atom is -0.390 e. The van der Waals surface area contributed by atoms with Crippen molar-refractivity contribution in [3.05, 3.63) is 15.9 Å². The van der Waals surface area contributed by atoms with E-state index in [1.54, 1.807) is 11.5 Å². The monoisotopic (exact) mass is 215 g/mol. The topological polar surface area (TPSA) is 81.2 Å². The number of aromatic nitrogens is 2. The van der Waals surface area contributed by atoms with Gasteiger partial charge in [0, 0.05) is 12.7 Å². The highest BCUT2D eigenvalue weighted by molar-refractivity contribution is 7.99. The zero-order chi connectivity index (χ0) is 10.3. The molecule has 14 heavy (non-hydrogen) atoms. The number of aliphatic hydroxyl groups excluding tert-OH is 1. The van der Waals surface area contributed by atoms with Gasteiger partial charge in [-0.05, 0) is 9.91 Å². The van der Waals surface area contributed by atoms with Gasteiger partial charge in [0.25, 0.3) is 0 Å². The Morgan fingerprint density at radius 3 is 3.14 bits per heavy atom. The number of rotatable bonds is 1. The Bertz CT molecular complexity index is 390. The Balaban J connectivity index is 2.49. The maximum atomic E-state index is 10.6. The summed E-state index contributed by atoms with van der Waals surface area (Å²) in [4.78, 5) is 14.0. The summed E-state index contributed by atoms with van der Waals surface area (Å²) in [6.07, 6.45) is -0.444. The van der Waals surface area contributed by atoms with Gasteiger partial charge < -0.3 is 15.2 Å². The first-order valence-electron chi connectivity index (χ1n) is 4.12. The fraction of sp³-hybridized carbons (Fsp3) is 0.571. The Morgan fingerprint density at radius 2 is 2.50 bits per heavy atom. The quantitative estimate of drug-likeness (QED) is 0.547. The van der Waals surface area contributed by atoms with E-state index in [-0.39, 0.29) is 5.82 Å². The molecule has 0 unspecified atom stereocenters. The minimum absolute atomic E-state index is 0.0978. The molecule has 0 amide bonds. The Labute approximate surface area is 84.1 Å². The van der Waals surface area contributed by atoms with Crippen LogP contribution in [0, 0.1) is 17.0 Å². The largest absolute Gasteiger partial charge is 0.396 e. The highest BCUT2D eigenvalue weighted by Gasteiger charge is 2.30. The van der Waals surface area contributed by atoms with Crippen molar-refractivity contribution in [2.24, 2.45) is 0 Å². The van der Waals surface area contributed by atoms with Gasteiger partial charge in [-0.15, -0.1) is 0 Å². The Kier molecular flexibility index (Phi) is 2.20. The summed E-state index contributed by atoms with van der Waals surface area (Å²) in [6.45, 7) is 2.10. The summed E-state index contributed by atoms with van der Waals surface area (Å²) in [6, 6.07) is 0. The molecular weight excluding hydrogens is 206 g/mol. The van der Waals surface area contributed by atoms with Crippen molar-refractivity contribution in [1.29, 1.82) is 0 Å². The van der Waals surface area contributed by atoms with Gasteiger partial charge in [0.05, 0.1) is 12.6 Å². The molecule has 2 heterocycles. The third-order valence-electron chi connectivity index (χ3n) is 2.07. The minimum atomic E-state index is -0.483. The molecule has 0 aromatic carbocycles. The Hall–Kier alpha value is -1.08. The first kappa shape index (κ1) is 9.47. The number of hydrogen-bond acceptors (Lipinski definition) is 5. The van der Waals surface area contributed by atoms with Crippen molar-refractivity contribution < 1.29 is 10.0 Å². The van der Waals surface area contributed by atoms with Gasteiger partial charge in [-0.3, -0.25) is 4.57 Å². The summed E-state index contributed by atoms with van der Waals surface area (Å²) in [7, 11) is 0. The number of aryl methyl sites for hydroxylation is 1. The average Bonchev–Trinajstić information content (AvgIpc) is 2.44. The number of aliphatic hydroxyl groups is 1. The molecule has 6 nitrogen and oxygen atoms in total. The van der Waals surface area contributed by atoms with E-state index in [1.165, 1.54) is 11.8 Å². The zero-order valence-electron chi connectivity index (χ0n) is 7.51. The first-order valence-corrected chi connectivity index (χ1v) is 5.10. The lowest BCUT2D eigenvalue weighted by molar-refractivity contribution is -0.392. The molecule has 76 valence electrons. The van der Waals surface area contributed by atoms with Gasteiger partial charge >= 0.3 is 5.82 Å². The lowest BCUT2D eigenvalue weighted by Gasteiger charge is -2.18. The number of nitrogens with zero attached hydrogens (tertiary/aromatic N) is 3. The highest BCUT2D eigenvalue weighted by atomic mass is 32.2. The standard InChI is InChI=1S/C7H9N3O3S/c1-4-8-6(10(12)13)7-9(4)2-5(11)3-14-7/h5,11H,2-3H2,1H3/t5-/m0/s1. The molecule has 1 aromatic rings. The Morgan fingerprint density at radius 1 is 1.79 bits per heavy atom. The summed E-state index contributed by atoms with van der Waals surface area (Å²) in [5, 5.41) is 20.6. The van der Waals surface area contributed by atoms with Crippen molar-refractivity contribution in [3.63, 3.8) is 0 Å². The average molecular weight is 215 g/mol. The van der Waals surface area contributed by atoms with Crippen LogP contribution in [0.2, 0.25) is 0 Å². The fourth-order valence-electron chi connectivity index (χ4n) is 1.44. The highest BCUT2D eigenvalue weighted by Crippen LogP contribution is 2.33. The van der Waals surface area contributed by atoms with Gasteiger partial charge in [0.15, 0.2) is 5.03 Å². The number of nitro groups is 1. The summed E-state index contributed by atoms with van der Waals surface area (Å²) < 4.78 is 1.69. The van der Waals surface area contributed by atoms with Gasteiger partial charge in [-0.1, -0.05) is 11.8 Å². The number of thioether (sulfide) groups is 1. The van der Waals surface area contributed by atoms with Crippen LogP contribution in [-0.4, -0.2) is 31.4 Å². The van der Waals surface area contributed by atoms with Crippen LogP contribution in [0.5, 0.6) is 0 Å². The van der Waals surface area contributed by atoms with Gasteiger partial charge in [0.2, 0.25) is 5.82 Å². The van der Waals surface area contributed by atoms with Crippen LogP contribution in [0.3, 0.4) is 0 Å². The van der Waals surface area contributed by atoms with Crippen LogP contribution in [0.4, 0.5) is 5.82 Å². The van der Waals surface area contributed by atoms with E-state index < -0.39 is 11.0 Å². The van der Waals surface area contributed by atoms with Crippen LogP contribution in [-0.2, 0) is 6.54 Å². The van der Waals surface area contributed by atoms with Crippen molar-refractivity contribution in [2.75, 3.05) is 5.75 Å². The molecule has 1 aliphatic rings. The van der Waals surface area contributed by atoms with Crippen molar-refractivity contribution in [3.8, 4) is 0 Å². The van der Waals surface area contributed by atoms with E-state index in [0.717, 1.165) is 0 Å². The van der Waals surface area contributed by atoms with E-state index in [0.29, 0.717) is 23.1 Å². The van der Waals surface area contributed by atoms with Crippen LogP contribution in [0.1, 0.15) is 5.82 Å². The summed E-state index contributed by atoms with van der Waals surface area (Å²) >= 11 is 1.28. The lowest BCUT2D eigenvalue weighted by Crippen LogP contribution is -2.24. The van der Waals surface area contributed by atoms with Crippen molar-refractivity contribution in [1.82, 2.24) is 9.55 Å². The predicted molar refractivity (Wildman–Crippen MR) is 50.3 cm³/mol. The molecule has 0 saturated carbocycles. The summed E-state index contributed by atoms with van der Waals surface area (Å²) in [5.41, 5.74) is 0. The van der Waals surface area contributed by atoms with E-state index in [4.69, 9.17) is 0 Å². The van der Waals surface area contributed by atoms with E-state index in [2.05, 4.69) is 4.98 Å². The van der Waals surface area contributed by atoms with E-state index >= 15 is 0 Å². The molecule has 0 spiro atoms.